The molecule has 21 heavy (non-hydrogen) atoms. The van der Waals surface area contributed by atoms with E-state index in [-0.39, 0.29) is 11.9 Å². The normalized spacial score (nSPS) is 17.5. The average Bonchev–Trinajstić information content (AvgIpc) is 2.49. The molecule has 0 heterocycles. The third-order valence-electron chi connectivity index (χ3n) is 4.67. The van der Waals surface area contributed by atoms with Crippen LogP contribution < -0.4 is 11.1 Å². The SMILES string of the molecule is Cc1ccc(C)c(CC(=O)NC(CN)C2CCCCC2)c1. The summed E-state index contributed by atoms with van der Waals surface area (Å²) in [5.41, 5.74) is 9.38. The van der Waals surface area contributed by atoms with Crippen LogP contribution >= 0.6 is 0 Å². The van der Waals surface area contributed by atoms with Gasteiger partial charge in [-0.25, -0.2) is 0 Å². The van der Waals surface area contributed by atoms with Crippen LogP contribution in [0.15, 0.2) is 18.2 Å². The average molecular weight is 288 g/mol. The summed E-state index contributed by atoms with van der Waals surface area (Å²) in [6, 6.07) is 6.41. The van der Waals surface area contributed by atoms with E-state index < -0.39 is 0 Å². The van der Waals surface area contributed by atoms with Crippen LogP contribution in [0.4, 0.5) is 0 Å². The number of carbonyl (C=O) groups excluding carboxylic acids is 1. The Balaban J connectivity index is 1.94. The largest absolute Gasteiger partial charge is 0.352 e. The summed E-state index contributed by atoms with van der Waals surface area (Å²) >= 11 is 0. The second-order valence-electron chi connectivity index (χ2n) is 6.41. The van der Waals surface area contributed by atoms with Gasteiger partial charge >= 0.3 is 0 Å². The van der Waals surface area contributed by atoms with Crippen LogP contribution in [0.2, 0.25) is 0 Å². The van der Waals surface area contributed by atoms with Gasteiger partial charge in [0.15, 0.2) is 0 Å². The highest BCUT2D eigenvalue weighted by Gasteiger charge is 2.24. The number of carbonyl (C=O) groups is 1. The molecule has 1 saturated carbocycles. The quantitative estimate of drug-likeness (QED) is 0.875. The number of hydrogen-bond donors (Lipinski definition) is 2. The van der Waals surface area contributed by atoms with Crippen molar-refractivity contribution in [1.29, 1.82) is 0 Å². The number of nitrogens with two attached hydrogens (primary N) is 1. The Bertz CT molecular complexity index is 478. The molecule has 0 saturated heterocycles. The summed E-state index contributed by atoms with van der Waals surface area (Å²) in [5, 5.41) is 3.17. The molecule has 0 bridgehead atoms. The lowest BCUT2D eigenvalue weighted by Crippen LogP contribution is -2.46. The topological polar surface area (TPSA) is 55.1 Å². The van der Waals surface area contributed by atoms with Crippen LogP contribution in [0, 0.1) is 19.8 Å². The van der Waals surface area contributed by atoms with Gasteiger partial charge in [0.05, 0.1) is 6.42 Å². The predicted molar refractivity (Wildman–Crippen MR) is 87.2 cm³/mol. The maximum atomic E-state index is 12.3. The second-order valence-corrected chi connectivity index (χ2v) is 6.41. The summed E-state index contributed by atoms with van der Waals surface area (Å²) in [4.78, 5) is 12.3. The third kappa shape index (κ3) is 4.57. The summed E-state index contributed by atoms with van der Waals surface area (Å²) < 4.78 is 0. The highest BCUT2D eigenvalue weighted by molar-refractivity contribution is 5.79. The first kappa shape index (κ1) is 16.0. The fraction of sp³-hybridized carbons (Fsp3) is 0.611. The van der Waals surface area contributed by atoms with E-state index in [9.17, 15) is 4.79 Å². The van der Waals surface area contributed by atoms with E-state index >= 15 is 0 Å². The number of aryl methyl sites for hydroxylation is 2. The van der Waals surface area contributed by atoms with E-state index in [1.54, 1.807) is 0 Å². The molecular weight excluding hydrogens is 260 g/mol. The molecule has 1 aliphatic carbocycles. The van der Waals surface area contributed by atoms with Crippen molar-refractivity contribution in [3.05, 3.63) is 34.9 Å². The zero-order valence-corrected chi connectivity index (χ0v) is 13.3. The third-order valence-corrected chi connectivity index (χ3v) is 4.67. The standard InChI is InChI=1S/C18H28N2O/c1-13-8-9-14(2)16(10-13)11-18(21)20-17(12-19)15-6-4-3-5-7-15/h8-10,15,17H,3-7,11-12,19H2,1-2H3,(H,20,21). The van der Waals surface area contributed by atoms with Crippen LogP contribution in [-0.4, -0.2) is 18.5 Å². The molecule has 1 atom stereocenters. The van der Waals surface area contributed by atoms with Crippen molar-refractivity contribution in [3.63, 3.8) is 0 Å². The molecule has 1 fully saturated rings. The van der Waals surface area contributed by atoms with E-state index in [4.69, 9.17) is 5.73 Å². The molecule has 116 valence electrons. The molecule has 0 radical (unpaired) electrons. The monoisotopic (exact) mass is 288 g/mol. The zero-order chi connectivity index (χ0) is 15.2. The highest BCUT2D eigenvalue weighted by atomic mass is 16.1. The minimum atomic E-state index is 0.102. The zero-order valence-electron chi connectivity index (χ0n) is 13.3. The maximum absolute atomic E-state index is 12.3. The molecule has 3 nitrogen and oxygen atoms in total. The van der Waals surface area contributed by atoms with Crippen molar-refractivity contribution in [2.75, 3.05) is 6.54 Å². The summed E-state index contributed by atoms with van der Waals surface area (Å²) in [6.45, 7) is 4.67. The Morgan fingerprint density at radius 1 is 1.29 bits per heavy atom. The molecule has 3 heteroatoms. The van der Waals surface area contributed by atoms with Gasteiger partial charge in [-0.1, -0.05) is 43.0 Å². The van der Waals surface area contributed by atoms with Gasteiger partial charge in [0.1, 0.15) is 0 Å². The minimum Gasteiger partial charge on any atom is -0.352 e. The van der Waals surface area contributed by atoms with Gasteiger partial charge in [-0.3, -0.25) is 4.79 Å². The predicted octanol–water partition coefficient (Wildman–Crippen LogP) is 2.87. The smallest absolute Gasteiger partial charge is 0.224 e. The number of benzene rings is 1. The minimum absolute atomic E-state index is 0.102. The molecule has 0 spiro atoms. The van der Waals surface area contributed by atoms with Crippen molar-refractivity contribution in [2.24, 2.45) is 11.7 Å². The van der Waals surface area contributed by atoms with Crippen LogP contribution in [0.5, 0.6) is 0 Å². The lowest BCUT2D eigenvalue weighted by molar-refractivity contribution is -0.121. The molecule has 3 N–H and O–H groups in total. The lowest BCUT2D eigenvalue weighted by Gasteiger charge is -2.30. The van der Waals surface area contributed by atoms with E-state index in [0.717, 1.165) is 5.56 Å². The van der Waals surface area contributed by atoms with Crippen molar-refractivity contribution >= 4 is 5.91 Å². The molecule has 0 aliphatic heterocycles. The Labute approximate surface area is 128 Å². The molecular formula is C18H28N2O. The Kier molecular flexibility index (Phi) is 5.80. The molecule has 1 aromatic carbocycles. The van der Waals surface area contributed by atoms with Crippen molar-refractivity contribution in [2.45, 2.75) is 58.4 Å². The summed E-state index contributed by atoms with van der Waals surface area (Å²) in [5.74, 6) is 0.663. The lowest BCUT2D eigenvalue weighted by atomic mass is 9.84. The van der Waals surface area contributed by atoms with E-state index in [1.165, 1.54) is 43.2 Å². The van der Waals surface area contributed by atoms with Gasteiger partial charge in [-0.05, 0) is 43.7 Å². The first-order valence-corrected chi connectivity index (χ1v) is 8.15. The molecule has 0 aromatic heterocycles. The fourth-order valence-electron chi connectivity index (χ4n) is 3.33. The summed E-state index contributed by atoms with van der Waals surface area (Å²) in [6.07, 6.45) is 6.72. The maximum Gasteiger partial charge on any atom is 0.224 e. The van der Waals surface area contributed by atoms with Crippen LogP contribution in [-0.2, 0) is 11.2 Å². The Hall–Kier alpha value is -1.35. The molecule has 1 aromatic rings. The van der Waals surface area contributed by atoms with Gasteiger partial charge in [-0.15, -0.1) is 0 Å². The van der Waals surface area contributed by atoms with Gasteiger partial charge in [0.2, 0.25) is 5.91 Å². The van der Waals surface area contributed by atoms with Crippen LogP contribution in [0.1, 0.15) is 48.8 Å². The van der Waals surface area contributed by atoms with Crippen molar-refractivity contribution in [1.82, 2.24) is 5.32 Å². The Morgan fingerprint density at radius 3 is 2.67 bits per heavy atom. The van der Waals surface area contributed by atoms with E-state index in [0.29, 0.717) is 18.9 Å². The molecule has 1 unspecified atom stereocenters. The first-order chi connectivity index (χ1) is 10.1. The number of rotatable bonds is 5. The molecule has 1 aliphatic rings. The number of amides is 1. The van der Waals surface area contributed by atoms with Crippen LogP contribution in [0.3, 0.4) is 0 Å². The van der Waals surface area contributed by atoms with Gasteiger partial charge in [0, 0.05) is 12.6 Å². The van der Waals surface area contributed by atoms with Crippen LogP contribution in [0.25, 0.3) is 0 Å². The van der Waals surface area contributed by atoms with E-state index in [1.807, 2.05) is 0 Å². The Morgan fingerprint density at radius 2 is 2.00 bits per heavy atom. The number of nitrogens with one attached hydrogen (secondary N) is 1. The van der Waals surface area contributed by atoms with Crippen molar-refractivity contribution in [3.8, 4) is 0 Å². The second kappa shape index (κ2) is 7.60. The first-order valence-electron chi connectivity index (χ1n) is 8.15. The molecule has 1 amide bonds. The van der Waals surface area contributed by atoms with Gasteiger partial charge in [-0.2, -0.15) is 0 Å². The summed E-state index contributed by atoms with van der Waals surface area (Å²) in [7, 11) is 0. The van der Waals surface area contributed by atoms with Gasteiger partial charge < -0.3 is 11.1 Å². The highest BCUT2D eigenvalue weighted by Crippen LogP contribution is 2.26. The van der Waals surface area contributed by atoms with E-state index in [2.05, 4.69) is 37.4 Å². The fourth-order valence-corrected chi connectivity index (χ4v) is 3.33. The molecule has 2 rings (SSSR count). The van der Waals surface area contributed by atoms with Crippen molar-refractivity contribution < 1.29 is 4.79 Å². The van der Waals surface area contributed by atoms with Gasteiger partial charge in [0.25, 0.3) is 0 Å². The number of hydrogen-bond acceptors (Lipinski definition) is 2.